The van der Waals surface area contributed by atoms with E-state index in [1.165, 1.54) is 12.3 Å². The molecule has 0 aliphatic carbocycles. The van der Waals surface area contributed by atoms with Crippen LogP contribution in [0.1, 0.15) is 10.5 Å². The maximum atomic E-state index is 13.6. The fourth-order valence-corrected chi connectivity index (χ4v) is 1.87. The average molecular weight is 339 g/mol. The third kappa shape index (κ3) is 2.48. The summed E-state index contributed by atoms with van der Waals surface area (Å²) in [5, 5.41) is 3.26. The van der Waals surface area contributed by atoms with E-state index < -0.39 is 11.1 Å². The number of carbonyl (C=O) groups excluding carboxylic acids is 1. The quantitative estimate of drug-likeness (QED) is 0.790. The van der Waals surface area contributed by atoms with Crippen molar-refractivity contribution in [2.45, 2.75) is 0 Å². The number of hydrogen-bond acceptors (Lipinski definition) is 3. The van der Waals surface area contributed by atoms with Crippen LogP contribution in [0.15, 0.2) is 22.9 Å². The average Bonchev–Trinajstić information content (AvgIpc) is 2.60. The lowest BCUT2D eigenvalue weighted by atomic mass is 10.4. The van der Waals surface area contributed by atoms with E-state index in [2.05, 4.69) is 26.0 Å². The predicted octanol–water partition coefficient (Wildman–Crippen LogP) is 3.20. The Morgan fingerprint density at radius 2 is 2.18 bits per heavy atom. The molecule has 0 aliphatic heterocycles. The zero-order chi connectivity index (χ0) is 12.6. The first-order chi connectivity index (χ1) is 7.99. The van der Waals surface area contributed by atoms with Crippen molar-refractivity contribution in [3.63, 3.8) is 0 Å². The third-order valence-electron chi connectivity index (χ3n) is 1.87. The normalized spacial score (nSPS) is 10.6. The summed E-state index contributed by atoms with van der Waals surface area (Å²) in [6.45, 7) is 0. The van der Waals surface area contributed by atoms with Crippen LogP contribution in [0, 0.1) is 5.82 Å². The molecular formula is C9H3BrCl2FN3O. The van der Waals surface area contributed by atoms with E-state index in [1.807, 2.05) is 0 Å². The highest BCUT2D eigenvalue weighted by atomic mass is 79.9. The molecule has 0 atom stereocenters. The van der Waals surface area contributed by atoms with E-state index in [-0.39, 0.29) is 16.5 Å². The number of halogens is 4. The van der Waals surface area contributed by atoms with Gasteiger partial charge in [0.2, 0.25) is 0 Å². The first-order valence-electron chi connectivity index (χ1n) is 4.26. The predicted molar refractivity (Wildman–Crippen MR) is 64.2 cm³/mol. The molecule has 0 amide bonds. The number of hydrogen-bond donors (Lipinski definition) is 0. The molecule has 0 aromatic carbocycles. The van der Waals surface area contributed by atoms with Crippen LogP contribution in [0.25, 0.3) is 5.82 Å². The van der Waals surface area contributed by atoms with Gasteiger partial charge in [-0.2, -0.15) is 5.10 Å². The summed E-state index contributed by atoms with van der Waals surface area (Å²) in [7, 11) is 0. The molecule has 0 unspecified atom stereocenters. The molecule has 0 saturated carbocycles. The highest BCUT2D eigenvalue weighted by molar-refractivity contribution is 9.10. The van der Waals surface area contributed by atoms with Crippen molar-refractivity contribution in [2.24, 2.45) is 0 Å². The number of nitrogens with zero attached hydrogens (tertiary/aromatic N) is 3. The molecule has 0 radical (unpaired) electrons. The molecule has 8 heteroatoms. The van der Waals surface area contributed by atoms with Crippen LogP contribution in [-0.2, 0) is 0 Å². The van der Waals surface area contributed by atoms with E-state index in [0.29, 0.717) is 4.60 Å². The lowest BCUT2D eigenvalue weighted by Crippen LogP contribution is -2.08. The Morgan fingerprint density at radius 3 is 2.76 bits per heavy atom. The number of rotatable bonds is 2. The Morgan fingerprint density at radius 1 is 1.47 bits per heavy atom. The topological polar surface area (TPSA) is 47.8 Å². The fraction of sp³-hybridized carbons (Fsp3) is 0. The van der Waals surface area contributed by atoms with Crippen LogP contribution in [0.2, 0.25) is 5.02 Å². The highest BCUT2D eigenvalue weighted by Gasteiger charge is 2.17. The van der Waals surface area contributed by atoms with Gasteiger partial charge in [0.1, 0.15) is 10.3 Å². The number of pyridine rings is 1. The minimum atomic E-state index is -0.764. The SMILES string of the molecule is O=C(Cl)c1cc(Br)nn1-c1ncc(Cl)cc1F. The van der Waals surface area contributed by atoms with Crippen LogP contribution in [-0.4, -0.2) is 20.0 Å². The smallest absolute Gasteiger partial charge is 0.271 e. The van der Waals surface area contributed by atoms with E-state index in [9.17, 15) is 9.18 Å². The van der Waals surface area contributed by atoms with Crippen molar-refractivity contribution in [2.75, 3.05) is 0 Å². The van der Waals surface area contributed by atoms with Crippen molar-refractivity contribution < 1.29 is 9.18 Å². The van der Waals surface area contributed by atoms with Crippen molar-refractivity contribution in [3.05, 3.63) is 39.5 Å². The van der Waals surface area contributed by atoms with Gasteiger partial charge in [-0.25, -0.2) is 14.1 Å². The van der Waals surface area contributed by atoms with Gasteiger partial charge in [-0.05, 0) is 33.6 Å². The zero-order valence-corrected chi connectivity index (χ0v) is 11.1. The van der Waals surface area contributed by atoms with E-state index in [0.717, 1.165) is 10.7 Å². The molecule has 2 aromatic rings. The molecule has 0 spiro atoms. The Kier molecular flexibility index (Phi) is 3.46. The molecule has 0 fully saturated rings. The van der Waals surface area contributed by atoms with Gasteiger partial charge in [0.25, 0.3) is 5.24 Å². The van der Waals surface area contributed by atoms with E-state index in [4.69, 9.17) is 23.2 Å². The summed E-state index contributed by atoms with van der Waals surface area (Å²) in [5.41, 5.74) is 0.00673. The molecule has 88 valence electrons. The molecule has 0 aliphatic rings. The second-order valence-electron chi connectivity index (χ2n) is 3.00. The van der Waals surface area contributed by atoms with Crippen molar-refractivity contribution in [1.29, 1.82) is 0 Å². The van der Waals surface area contributed by atoms with E-state index in [1.54, 1.807) is 0 Å². The van der Waals surface area contributed by atoms with Gasteiger partial charge in [-0.15, -0.1) is 0 Å². The summed E-state index contributed by atoms with van der Waals surface area (Å²) in [6.07, 6.45) is 1.25. The van der Waals surface area contributed by atoms with E-state index >= 15 is 0 Å². The third-order valence-corrected chi connectivity index (χ3v) is 2.66. The maximum absolute atomic E-state index is 13.6. The summed E-state index contributed by atoms with van der Waals surface area (Å²) in [6, 6.07) is 2.44. The Labute approximate surface area is 113 Å². The first-order valence-corrected chi connectivity index (χ1v) is 5.80. The number of aromatic nitrogens is 3. The standard InChI is InChI=1S/C9H3BrCl2FN3O/c10-7-2-6(8(12)17)16(15-7)9-5(13)1-4(11)3-14-9/h1-3H. The first kappa shape index (κ1) is 12.5. The van der Waals surface area contributed by atoms with Gasteiger partial charge in [-0.1, -0.05) is 11.6 Å². The lowest BCUT2D eigenvalue weighted by Gasteiger charge is -2.04. The highest BCUT2D eigenvalue weighted by Crippen LogP contribution is 2.20. The van der Waals surface area contributed by atoms with Gasteiger partial charge >= 0.3 is 0 Å². The zero-order valence-electron chi connectivity index (χ0n) is 7.99. The molecule has 2 heterocycles. The maximum Gasteiger partial charge on any atom is 0.271 e. The minimum Gasteiger partial charge on any atom is -0.274 e. The van der Waals surface area contributed by atoms with Crippen LogP contribution in [0.4, 0.5) is 4.39 Å². The molecule has 4 nitrogen and oxygen atoms in total. The van der Waals surface area contributed by atoms with Gasteiger partial charge in [0.15, 0.2) is 11.6 Å². The minimum absolute atomic E-state index is 0.00673. The van der Waals surface area contributed by atoms with Gasteiger partial charge < -0.3 is 0 Å². The molecule has 0 bridgehead atoms. The monoisotopic (exact) mass is 337 g/mol. The second-order valence-corrected chi connectivity index (χ2v) is 4.59. The van der Waals surface area contributed by atoms with Crippen LogP contribution >= 0.6 is 39.1 Å². The Balaban J connectivity index is 2.63. The molecular weight excluding hydrogens is 336 g/mol. The molecule has 0 saturated heterocycles. The Hall–Kier alpha value is -0.980. The summed E-state index contributed by atoms with van der Waals surface area (Å²) >= 11 is 14.0. The largest absolute Gasteiger partial charge is 0.274 e. The summed E-state index contributed by atoms with van der Waals surface area (Å²) in [4.78, 5) is 14.9. The van der Waals surface area contributed by atoms with Crippen LogP contribution in [0.5, 0.6) is 0 Å². The molecule has 17 heavy (non-hydrogen) atoms. The molecule has 2 rings (SSSR count). The molecule has 2 aromatic heterocycles. The fourth-order valence-electron chi connectivity index (χ4n) is 1.22. The van der Waals surface area contributed by atoms with Gasteiger partial charge in [-0.3, -0.25) is 4.79 Å². The van der Waals surface area contributed by atoms with Gasteiger partial charge in [0.05, 0.1) is 5.02 Å². The second kappa shape index (κ2) is 4.72. The van der Waals surface area contributed by atoms with Crippen molar-refractivity contribution in [1.82, 2.24) is 14.8 Å². The summed E-state index contributed by atoms with van der Waals surface area (Å²) < 4.78 is 15.0. The van der Waals surface area contributed by atoms with Crippen molar-refractivity contribution in [3.8, 4) is 5.82 Å². The van der Waals surface area contributed by atoms with Gasteiger partial charge in [0, 0.05) is 12.3 Å². The van der Waals surface area contributed by atoms with Crippen LogP contribution in [0.3, 0.4) is 0 Å². The Bertz CT molecular complexity index is 602. The molecule has 0 N–H and O–H groups in total. The summed E-state index contributed by atoms with van der Waals surface area (Å²) in [5.74, 6) is -0.851. The lowest BCUT2D eigenvalue weighted by molar-refractivity contribution is 0.107. The number of carbonyl (C=O) groups is 1. The van der Waals surface area contributed by atoms with Crippen LogP contribution < -0.4 is 0 Å². The van der Waals surface area contributed by atoms with Crippen molar-refractivity contribution >= 4 is 44.4 Å².